The Hall–Kier alpha value is -5.72. The van der Waals surface area contributed by atoms with Crippen LogP contribution in [0.4, 0.5) is 9.59 Å². The number of H-pyrrole nitrogens is 2. The fraction of sp³-hybridized carbons (Fsp3) is 0.488. The average molecular weight is 789 g/mol. The molecule has 0 radical (unpaired) electrons. The molecule has 9 rings (SSSR count). The van der Waals surface area contributed by atoms with Crippen molar-refractivity contribution in [3.05, 3.63) is 71.7 Å². The highest BCUT2D eigenvalue weighted by molar-refractivity contribution is 5.98. The van der Waals surface area contributed by atoms with E-state index in [1.165, 1.54) is 7.11 Å². The molecule has 0 unspecified atom stereocenters. The summed E-state index contributed by atoms with van der Waals surface area (Å²) in [4.78, 5) is 69.3. The average Bonchev–Trinajstić information content (AvgIpc) is 3.74. The third-order valence-electron chi connectivity index (χ3n) is 12.9. The number of ketones is 1. The number of rotatable bonds is 10. The number of alkyl carbamates (subject to hydrolysis) is 1. The van der Waals surface area contributed by atoms with Gasteiger partial charge in [-0.05, 0) is 97.1 Å². The van der Waals surface area contributed by atoms with Gasteiger partial charge in [0.2, 0.25) is 5.91 Å². The van der Waals surface area contributed by atoms with Gasteiger partial charge in [0.15, 0.2) is 5.78 Å². The highest BCUT2D eigenvalue weighted by Crippen LogP contribution is 2.56. The number of aromatic nitrogens is 4. The fourth-order valence-electron chi connectivity index (χ4n) is 9.60. The van der Waals surface area contributed by atoms with Crippen molar-refractivity contribution in [2.45, 2.75) is 88.1 Å². The van der Waals surface area contributed by atoms with Gasteiger partial charge in [-0.3, -0.25) is 14.9 Å². The SMILES string of the molecule is COC(=O)N[C@H](C(=O)[C@@]12C[C@H]1C[C@@H](c1ncc(C#Cc3ccc4cc(-c5cnc([C@@H]6C[C@H]7C[C@H]7N6C(=O)[C@@H](NC(=O)O)C6CCOCC6)[nH]5)ccc4c3)[nH]1)N2)C(C)C. The molecular formula is C43H48N8O7. The summed E-state index contributed by atoms with van der Waals surface area (Å²) in [7, 11) is 1.29. The highest BCUT2D eigenvalue weighted by atomic mass is 16.5. The maximum absolute atomic E-state index is 14.0. The van der Waals surface area contributed by atoms with Gasteiger partial charge in [0.1, 0.15) is 23.4 Å². The molecule has 15 heteroatoms. The lowest BCUT2D eigenvalue weighted by Gasteiger charge is -2.35. The number of carbonyl (C=O) groups excluding carboxylic acids is 3. The maximum Gasteiger partial charge on any atom is 0.407 e. The number of piperidine rings is 2. The van der Waals surface area contributed by atoms with Gasteiger partial charge in [-0.25, -0.2) is 19.6 Å². The molecule has 0 bridgehead atoms. The summed E-state index contributed by atoms with van der Waals surface area (Å²) in [5.41, 5.74) is 2.66. The number of ether oxygens (including phenoxy) is 2. The van der Waals surface area contributed by atoms with Gasteiger partial charge < -0.3 is 40.1 Å². The van der Waals surface area contributed by atoms with Gasteiger partial charge in [0.25, 0.3) is 0 Å². The third kappa shape index (κ3) is 7.08. The first-order chi connectivity index (χ1) is 28.0. The normalized spacial score (nSPS) is 26.9. The van der Waals surface area contributed by atoms with Crippen molar-refractivity contribution >= 4 is 34.6 Å². The van der Waals surface area contributed by atoms with E-state index >= 15 is 0 Å². The van der Waals surface area contributed by atoms with Gasteiger partial charge in [-0.15, -0.1) is 0 Å². The van der Waals surface area contributed by atoms with Crippen LogP contribution in [0.2, 0.25) is 0 Å². The lowest BCUT2D eigenvalue weighted by atomic mass is 9.90. The van der Waals surface area contributed by atoms with Crippen LogP contribution in [0, 0.1) is 35.5 Å². The summed E-state index contributed by atoms with van der Waals surface area (Å²) in [6.45, 7) is 4.86. The monoisotopic (exact) mass is 788 g/mol. The third-order valence-corrected chi connectivity index (χ3v) is 12.9. The largest absolute Gasteiger partial charge is 0.465 e. The number of hydrogen-bond acceptors (Lipinski definition) is 9. The van der Waals surface area contributed by atoms with Crippen LogP contribution in [0.3, 0.4) is 0 Å². The van der Waals surface area contributed by atoms with Crippen LogP contribution < -0.4 is 16.0 Å². The number of Topliss-reactive ketones (excluding diaryl/α,β-unsaturated/α-hetero) is 1. The van der Waals surface area contributed by atoms with Crippen molar-refractivity contribution in [1.82, 2.24) is 40.8 Å². The minimum atomic E-state index is -1.19. The van der Waals surface area contributed by atoms with E-state index in [2.05, 4.69) is 54.9 Å². The van der Waals surface area contributed by atoms with Gasteiger partial charge in [0.05, 0.1) is 48.9 Å². The van der Waals surface area contributed by atoms with E-state index < -0.39 is 29.8 Å². The highest BCUT2D eigenvalue weighted by Gasteiger charge is 2.66. The van der Waals surface area contributed by atoms with Crippen molar-refractivity contribution in [2.24, 2.45) is 23.7 Å². The molecule has 2 aromatic carbocycles. The number of aromatic amines is 2. The molecule has 2 aliphatic carbocycles. The lowest BCUT2D eigenvalue weighted by molar-refractivity contribution is -0.138. The van der Waals surface area contributed by atoms with E-state index in [9.17, 15) is 24.3 Å². The zero-order valence-corrected chi connectivity index (χ0v) is 32.7. The molecule has 8 atom stereocenters. The van der Waals surface area contributed by atoms with Crippen LogP contribution in [-0.2, 0) is 19.1 Å². The van der Waals surface area contributed by atoms with Gasteiger partial charge in [0, 0.05) is 30.4 Å². The predicted molar refractivity (Wildman–Crippen MR) is 211 cm³/mol. The number of likely N-dealkylation sites (tertiary alicyclic amines) is 1. The second-order valence-electron chi connectivity index (χ2n) is 16.9. The second-order valence-corrected chi connectivity index (χ2v) is 16.9. The molecule has 2 saturated carbocycles. The first-order valence-corrected chi connectivity index (χ1v) is 20.2. The smallest absolute Gasteiger partial charge is 0.407 e. The molecule has 15 nitrogen and oxygen atoms in total. The van der Waals surface area contributed by atoms with Gasteiger partial charge in [-0.2, -0.15) is 0 Å². The van der Waals surface area contributed by atoms with Gasteiger partial charge in [-0.1, -0.05) is 38.0 Å². The molecule has 2 aromatic heterocycles. The van der Waals surface area contributed by atoms with E-state index in [0.717, 1.165) is 59.1 Å². The summed E-state index contributed by atoms with van der Waals surface area (Å²) < 4.78 is 10.2. The van der Waals surface area contributed by atoms with Crippen LogP contribution in [0.15, 0.2) is 48.8 Å². The number of hydrogen-bond donors (Lipinski definition) is 6. The summed E-state index contributed by atoms with van der Waals surface area (Å²) in [6.07, 6.45) is 6.24. The number of carboxylic acid groups (broad SMARTS) is 1. The Kier molecular flexibility index (Phi) is 9.72. The summed E-state index contributed by atoms with van der Waals surface area (Å²) in [6, 6.07) is 10.6. The van der Waals surface area contributed by atoms with Crippen molar-refractivity contribution in [3.8, 4) is 23.1 Å². The van der Waals surface area contributed by atoms with E-state index in [1.54, 1.807) is 12.4 Å². The number of fused-ring (bicyclic) bond motifs is 3. The number of benzene rings is 2. The number of methoxy groups -OCH3 is 1. The minimum Gasteiger partial charge on any atom is -0.465 e. The Balaban J connectivity index is 0.858. The molecule has 3 saturated heterocycles. The van der Waals surface area contributed by atoms with Crippen LogP contribution in [0.1, 0.15) is 87.4 Å². The Bertz CT molecular complexity index is 2340. The maximum atomic E-state index is 14.0. The quantitative estimate of drug-likeness (QED) is 0.121. The lowest BCUT2D eigenvalue weighted by Crippen LogP contribution is -2.53. The van der Waals surface area contributed by atoms with Crippen LogP contribution in [0.25, 0.3) is 22.0 Å². The molecule has 58 heavy (non-hydrogen) atoms. The van der Waals surface area contributed by atoms with Crippen LogP contribution in [0.5, 0.6) is 0 Å². The van der Waals surface area contributed by atoms with E-state index in [0.29, 0.717) is 43.5 Å². The Morgan fingerprint density at radius 3 is 2.52 bits per heavy atom. The number of carbonyl (C=O) groups is 4. The number of nitrogens with zero attached hydrogens (tertiary/aromatic N) is 3. The van der Waals surface area contributed by atoms with Crippen molar-refractivity contribution in [2.75, 3.05) is 20.3 Å². The van der Waals surface area contributed by atoms with Crippen molar-refractivity contribution < 1.29 is 33.8 Å². The number of imidazole rings is 2. The first-order valence-electron chi connectivity index (χ1n) is 20.2. The molecular weight excluding hydrogens is 741 g/mol. The van der Waals surface area contributed by atoms with E-state index in [4.69, 9.17) is 14.5 Å². The van der Waals surface area contributed by atoms with Crippen LogP contribution >= 0.6 is 0 Å². The standard InChI is InChI=1S/C43H48N8O7/c1-22(2)35(49-42(56)57-3)37(52)43-19-29(43)18-31(50-43)38-44-20-30(46-38)9-5-23-4-6-26-15-27(8-7-25(26)14-23)32-21-45-39(47-32)34-17-28-16-33(28)51(34)40(53)36(48-41(54)55)24-10-12-58-13-11-24/h4,6-8,14-15,20-22,24,28-29,31,33-36,48,50H,10-13,16-19H2,1-3H3,(H,44,46)(H,45,47)(H,49,56)(H,54,55)/t28-,29-,31+,33-,34+,35+,36+,43-/m1/s1. The minimum absolute atomic E-state index is 0.0157. The summed E-state index contributed by atoms with van der Waals surface area (Å²) >= 11 is 0. The second kappa shape index (κ2) is 14.9. The zero-order valence-electron chi connectivity index (χ0n) is 32.7. The first kappa shape index (κ1) is 37.8. The Morgan fingerprint density at radius 2 is 1.74 bits per heavy atom. The number of amides is 3. The number of nitrogens with one attached hydrogen (secondary N) is 5. The molecule has 5 heterocycles. The summed E-state index contributed by atoms with van der Waals surface area (Å²) in [5, 5.41) is 20.5. The molecule has 4 aromatic rings. The van der Waals surface area contributed by atoms with Gasteiger partial charge >= 0.3 is 12.2 Å². The van der Waals surface area contributed by atoms with Crippen LogP contribution in [-0.4, -0.2) is 97.8 Å². The topological polar surface area (TPSA) is 204 Å². The Morgan fingerprint density at radius 1 is 0.966 bits per heavy atom. The molecule has 5 aliphatic rings. The molecule has 3 amide bonds. The fourth-order valence-corrected chi connectivity index (χ4v) is 9.60. The van der Waals surface area contributed by atoms with Crippen molar-refractivity contribution in [3.63, 3.8) is 0 Å². The molecule has 0 spiro atoms. The van der Waals surface area contributed by atoms with E-state index in [1.807, 2.05) is 43.0 Å². The molecule has 6 N–H and O–H groups in total. The van der Waals surface area contributed by atoms with Crippen molar-refractivity contribution in [1.29, 1.82) is 0 Å². The molecule has 302 valence electrons. The molecule has 5 fully saturated rings. The predicted octanol–water partition coefficient (Wildman–Crippen LogP) is 4.82. The zero-order chi connectivity index (χ0) is 40.3. The van der Waals surface area contributed by atoms with E-state index in [-0.39, 0.29) is 47.6 Å². The molecule has 3 aliphatic heterocycles. The summed E-state index contributed by atoms with van der Waals surface area (Å²) in [5.74, 6) is 8.11. The Labute approximate surface area is 335 Å².